The summed E-state index contributed by atoms with van der Waals surface area (Å²) in [4.78, 5) is 38.3. The molecule has 1 atom stereocenters. The van der Waals surface area contributed by atoms with Gasteiger partial charge in [-0.3, -0.25) is 22.4 Å². The molecule has 0 spiro atoms. The number of aliphatic hydroxyl groups excluding tert-OH is 2. The molecule has 0 saturated heterocycles. The largest absolute Gasteiger partial charge is 2.00 e. The van der Waals surface area contributed by atoms with Gasteiger partial charge < -0.3 is 33.8 Å². The molecule has 8 aromatic heterocycles. The first-order chi connectivity index (χ1) is 34.0. The van der Waals surface area contributed by atoms with Gasteiger partial charge in [-0.25, -0.2) is 24.7 Å². The van der Waals surface area contributed by atoms with Crippen LogP contribution in [0.25, 0.3) is 22.1 Å². The Bertz CT molecular complexity index is 3170. The van der Waals surface area contributed by atoms with Gasteiger partial charge in [0.05, 0.1) is 163 Å². The number of nitrogens with zero attached hydrogens (tertiary/aromatic N) is 8. The Morgan fingerprint density at radius 3 is 1.51 bits per heavy atom. The molecule has 0 aromatic carbocycles. The maximum absolute atomic E-state index is 11.8. The third-order valence-corrected chi connectivity index (χ3v) is 16.7. The molecule has 2 fully saturated rings. The molecular weight excluding hydrogens is 1240 g/mol. The van der Waals surface area contributed by atoms with Crippen LogP contribution in [0, 0.1) is 12.3 Å². The summed E-state index contributed by atoms with van der Waals surface area (Å²) in [5.74, 6) is -0.358. The molecule has 0 bridgehead atoms. The molecule has 8 aromatic rings. The SMILES string of the molecule is C.CCOC(=O)c1c(Cl)c(Cl)c(Cl)c2cncn12.O=Cc1c(Cl)c(Cl)c(Cl)c2cncn12.OC(c1c(Cl)c(Cl)c(Cl)c2cncn12)C1CCCCC1.OCc1c(Cl)c(Cl)c(Cl)c2cncn12.[CH-]1CCCCC1.[Cl-].[Mg+2]. The molecule has 10 rings (SSSR count). The maximum Gasteiger partial charge on any atom is 2.00 e. The molecule has 74 heavy (non-hydrogen) atoms. The molecule has 396 valence electrons. The summed E-state index contributed by atoms with van der Waals surface area (Å²) in [6.45, 7) is 1.72. The zero-order valence-electron chi connectivity index (χ0n) is 38.2. The standard InChI is InChI=1S/C14H15Cl3N2O.C10H7Cl3N2O2.C8H5Cl3N2O.C8H3Cl3N2O.C6H11.CH4.ClH.Mg/c15-10-9-6-18-7-19(9)13(12(17)11(10)16)14(20)8-4-2-1-3-5-8;1-2-17-10(16)9-8(13)7(12)6(11)5-3-14-4-15(5)9;2*9-6-4-1-12-3-13(4)5(2-14)7(10)8(6)11;1-2-4-6-5-3-1;;;/h6-8,14,20H,1-5H2;3-4H,2H2,1H3;1,3,14H,2H2;1-3H;1H,2-6H2;1H4;1H;/q;;;;-1;;;+2/p-1. The quantitative estimate of drug-likeness (QED) is 0.0717. The van der Waals surface area contributed by atoms with Crippen molar-refractivity contribution in [1.29, 1.82) is 0 Å². The zero-order valence-corrected chi connectivity index (χ0v) is 49.5. The van der Waals surface area contributed by atoms with E-state index >= 15 is 0 Å². The predicted molar refractivity (Wildman–Crippen MR) is 300 cm³/mol. The summed E-state index contributed by atoms with van der Waals surface area (Å²) in [7, 11) is 0. The fourth-order valence-corrected chi connectivity index (χ4v) is 10.8. The van der Waals surface area contributed by atoms with Gasteiger partial charge in [0.2, 0.25) is 0 Å². The molecule has 8 heterocycles. The topological polar surface area (TPSA) is 153 Å². The van der Waals surface area contributed by atoms with Gasteiger partial charge in [-0.1, -0.05) is 185 Å². The first kappa shape index (κ1) is 66.6. The summed E-state index contributed by atoms with van der Waals surface area (Å²) < 4.78 is 11.2. The first-order valence-corrected chi connectivity index (χ1v) is 26.2. The van der Waals surface area contributed by atoms with Crippen molar-refractivity contribution in [3.05, 3.63) is 140 Å². The Morgan fingerprint density at radius 1 is 0.622 bits per heavy atom. The minimum Gasteiger partial charge on any atom is -1.00 e. The third kappa shape index (κ3) is 14.8. The van der Waals surface area contributed by atoms with E-state index in [0.717, 1.165) is 25.7 Å². The molecule has 0 amide bonds. The van der Waals surface area contributed by atoms with Gasteiger partial charge in [0.25, 0.3) is 0 Å². The number of halogens is 13. The first-order valence-electron chi connectivity index (χ1n) is 21.7. The van der Waals surface area contributed by atoms with Crippen molar-refractivity contribution in [2.75, 3.05) is 6.61 Å². The van der Waals surface area contributed by atoms with Crippen molar-refractivity contribution in [3.8, 4) is 0 Å². The number of hydrogen-bond acceptors (Lipinski definition) is 9. The second-order valence-electron chi connectivity index (χ2n) is 15.7. The number of aromatic nitrogens is 8. The number of carbonyl (C=O) groups excluding carboxylic acids is 2. The number of ether oxygens (including phenoxy) is 1. The third-order valence-electron chi connectivity index (χ3n) is 11.4. The van der Waals surface area contributed by atoms with Gasteiger partial charge in [-0.05, 0) is 25.7 Å². The summed E-state index contributed by atoms with van der Waals surface area (Å²) in [5, 5.41) is 22.7. The van der Waals surface area contributed by atoms with Gasteiger partial charge in [-0.2, -0.15) is 12.8 Å². The van der Waals surface area contributed by atoms with E-state index in [-0.39, 0.29) is 114 Å². The Labute approximate surface area is 509 Å². The predicted octanol–water partition coefficient (Wildman–Crippen LogP) is 13.7. The van der Waals surface area contributed by atoms with Crippen LogP contribution >= 0.6 is 139 Å². The summed E-state index contributed by atoms with van der Waals surface area (Å²) >= 11 is 71.9. The van der Waals surface area contributed by atoms with Crippen molar-refractivity contribution in [1.82, 2.24) is 37.5 Å². The molecule has 0 aliphatic heterocycles. The fraction of sp³-hybridized carbons (Fsp3) is 0.340. The van der Waals surface area contributed by atoms with Crippen LogP contribution in [-0.4, -0.2) is 89.7 Å². The smallest absolute Gasteiger partial charge is 1.00 e. The van der Waals surface area contributed by atoms with E-state index in [1.54, 1.807) is 34.4 Å². The van der Waals surface area contributed by atoms with Gasteiger partial charge in [0.15, 0.2) is 12.0 Å². The average molecular weight is 1290 g/mol. The van der Waals surface area contributed by atoms with Crippen LogP contribution in [0.3, 0.4) is 0 Å². The zero-order chi connectivity index (χ0) is 51.7. The molecule has 2 saturated carbocycles. The van der Waals surface area contributed by atoms with Crippen LogP contribution in [0.4, 0.5) is 0 Å². The molecular formula is C47H45Cl13MgN8O5. The van der Waals surface area contributed by atoms with E-state index in [4.69, 9.17) is 149 Å². The van der Waals surface area contributed by atoms with Crippen molar-refractivity contribution >= 4 is 197 Å². The van der Waals surface area contributed by atoms with Crippen molar-refractivity contribution < 1.29 is 36.9 Å². The number of aliphatic hydroxyl groups is 2. The summed E-state index contributed by atoms with van der Waals surface area (Å²) in [5.41, 5.74) is 3.81. The van der Waals surface area contributed by atoms with Gasteiger partial charge in [0.1, 0.15) is 5.69 Å². The average Bonchev–Trinajstić information content (AvgIpc) is 4.25. The van der Waals surface area contributed by atoms with Crippen LogP contribution < -0.4 is 12.4 Å². The van der Waals surface area contributed by atoms with Crippen molar-refractivity contribution in [2.45, 2.75) is 91.3 Å². The Kier molecular flexibility index (Phi) is 28.1. The molecule has 1 unspecified atom stereocenters. The normalized spacial score (nSPS) is 13.6. The number of hydrogen-bond donors (Lipinski definition) is 2. The van der Waals surface area contributed by atoms with Gasteiger partial charge in [-0.15, -0.1) is 0 Å². The van der Waals surface area contributed by atoms with Gasteiger partial charge >= 0.3 is 29.0 Å². The maximum atomic E-state index is 11.8. The summed E-state index contributed by atoms with van der Waals surface area (Å²) in [6.07, 6.45) is 27.2. The monoisotopic (exact) mass is 1280 g/mol. The second kappa shape index (κ2) is 31.2. The van der Waals surface area contributed by atoms with Crippen LogP contribution in [0.2, 0.25) is 60.3 Å². The number of rotatable bonds is 6. The van der Waals surface area contributed by atoms with E-state index in [9.17, 15) is 14.7 Å². The molecule has 2 aliphatic rings. The van der Waals surface area contributed by atoms with Crippen LogP contribution in [0.1, 0.15) is 117 Å². The van der Waals surface area contributed by atoms with Crippen LogP contribution in [-0.2, 0) is 11.3 Å². The minimum atomic E-state index is -0.644. The number of pyridine rings is 4. The van der Waals surface area contributed by atoms with E-state index in [1.165, 1.54) is 78.7 Å². The number of imidazole rings is 4. The Balaban J connectivity index is 0.000000249. The van der Waals surface area contributed by atoms with E-state index in [1.807, 2.05) is 0 Å². The molecule has 13 nitrogen and oxygen atoms in total. The van der Waals surface area contributed by atoms with Crippen LogP contribution in [0.15, 0.2) is 50.1 Å². The van der Waals surface area contributed by atoms with Crippen molar-refractivity contribution in [2.24, 2.45) is 5.92 Å². The van der Waals surface area contributed by atoms with Gasteiger partial charge in [0, 0.05) is 0 Å². The number of fused-ring (bicyclic) bond motifs is 4. The Morgan fingerprint density at radius 2 is 1.04 bits per heavy atom. The fourth-order valence-electron chi connectivity index (χ4n) is 7.81. The van der Waals surface area contributed by atoms with Crippen molar-refractivity contribution in [3.63, 3.8) is 0 Å². The van der Waals surface area contributed by atoms with Crippen LogP contribution in [0.5, 0.6) is 0 Å². The molecule has 2 N–H and O–H groups in total. The van der Waals surface area contributed by atoms with E-state index in [0.29, 0.717) is 59.8 Å². The second-order valence-corrected chi connectivity index (χ2v) is 20.2. The number of aldehydes is 1. The molecule has 0 radical (unpaired) electrons. The number of esters is 1. The minimum absolute atomic E-state index is 0. The molecule has 27 heteroatoms. The van der Waals surface area contributed by atoms with E-state index < -0.39 is 12.1 Å². The summed E-state index contributed by atoms with van der Waals surface area (Å²) in [6, 6.07) is 0. The Hall–Kier alpha value is -1.64. The van der Waals surface area contributed by atoms with E-state index in [2.05, 4.69) is 26.4 Å². The molecule has 2 aliphatic carbocycles. The number of carbonyl (C=O) groups is 2.